The second kappa shape index (κ2) is 7.38. The summed E-state index contributed by atoms with van der Waals surface area (Å²) in [6, 6.07) is 0. The van der Waals surface area contributed by atoms with Gasteiger partial charge in [0.1, 0.15) is 0 Å². The molecule has 0 aromatic heterocycles. The number of hydrogen-bond donors (Lipinski definition) is 1. The molecule has 3 heteroatoms. The molecule has 0 amide bonds. The fourth-order valence-corrected chi connectivity index (χ4v) is 1.57. The molecule has 62 valence electrons. The van der Waals surface area contributed by atoms with Crippen molar-refractivity contribution in [2.75, 3.05) is 45.7 Å². The molecule has 0 rings (SSSR count). The third-order valence-electron chi connectivity index (χ3n) is 1.18. The first-order chi connectivity index (χ1) is 4.77. The van der Waals surface area contributed by atoms with Gasteiger partial charge in [0.15, 0.2) is 0 Å². The number of hydrogen-bond acceptors (Lipinski definition) is 3. The second-order valence-corrected chi connectivity index (χ2v) is 3.74. The highest BCUT2D eigenvalue weighted by Gasteiger charge is 1.89. The summed E-state index contributed by atoms with van der Waals surface area (Å²) in [5.41, 5.74) is 0. The topological polar surface area (TPSA) is 15.3 Å². The largest absolute Gasteiger partial charge is 0.319 e. The molecule has 0 heterocycles. The maximum Gasteiger partial charge on any atom is 0.00662 e. The van der Waals surface area contributed by atoms with Gasteiger partial charge in [-0.2, -0.15) is 11.8 Å². The van der Waals surface area contributed by atoms with Crippen molar-refractivity contribution in [1.82, 2.24) is 10.2 Å². The van der Waals surface area contributed by atoms with Crippen LogP contribution < -0.4 is 5.32 Å². The van der Waals surface area contributed by atoms with Crippen LogP contribution in [0.25, 0.3) is 0 Å². The summed E-state index contributed by atoms with van der Waals surface area (Å²) in [6.07, 6.45) is 0. The Morgan fingerprint density at radius 1 is 1.30 bits per heavy atom. The second-order valence-electron chi connectivity index (χ2n) is 2.52. The first-order valence-electron chi connectivity index (χ1n) is 3.64. The Kier molecular flexibility index (Phi) is 7.58. The Balaban J connectivity index is 2.77. The molecule has 0 radical (unpaired) electrons. The van der Waals surface area contributed by atoms with Crippen molar-refractivity contribution < 1.29 is 0 Å². The summed E-state index contributed by atoms with van der Waals surface area (Å²) in [7, 11) is 6.21. The van der Waals surface area contributed by atoms with Gasteiger partial charge in [-0.25, -0.2) is 0 Å². The Morgan fingerprint density at radius 2 is 2.00 bits per heavy atom. The van der Waals surface area contributed by atoms with Gasteiger partial charge in [0, 0.05) is 24.6 Å². The third-order valence-corrected chi connectivity index (χ3v) is 2.14. The van der Waals surface area contributed by atoms with Crippen LogP contribution in [0.4, 0.5) is 0 Å². The molecule has 0 aromatic rings. The maximum atomic E-state index is 3.12. The van der Waals surface area contributed by atoms with E-state index in [9.17, 15) is 0 Å². The quantitative estimate of drug-likeness (QED) is 0.573. The van der Waals surface area contributed by atoms with E-state index in [4.69, 9.17) is 0 Å². The molecule has 0 saturated carbocycles. The van der Waals surface area contributed by atoms with E-state index in [0.29, 0.717) is 0 Å². The zero-order valence-electron chi connectivity index (χ0n) is 7.18. The molecule has 0 atom stereocenters. The first-order valence-corrected chi connectivity index (χ1v) is 4.80. The van der Waals surface area contributed by atoms with Crippen LogP contribution in [0.5, 0.6) is 0 Å². The normalized spacial score (nSPS) is 10.8. The van der Waals surface area contributed by atoms with Crippen LogP contribution in [0.1, 0.15) is 0 Å². The fraction of sp³-hybridized carbons (Fsp3) is 1.00. The van der Waals surface area contributed by atoms with Gasteiger partial charge in [-0.1, -0.05) is 0 Å². The minimum Gasteiger partial charge on any atom is -0.319 e. The lowest BCUT2D eigenvalue weighted by Crippen LogP contribution is -2.16. The molecule has 0 saturated heterocycles. The monoisotopic (exact) mass is 162 g/mol. The van der Waals surface area contributed by atoms with Crippen LogP contribution in [0.15, 0.2) is 0 Å². The standard InChI is InChI=1S/C7H18N2S/c1-8-4-6-10-7-5-9(2)3/h8H,4-7H2,1-3H3. The van der Waals surface area contributed by atoms with E-state index >= 15 is 0 Å². The molecule has 0 aromatic carbocycles. The van der Waals surface area contributed by atoms with E-state index in [1.165, 1.54) is 18.1 Å². The van der Waals surface area contributed by atoms with Gasteiger partial charge in [-0.05, 0) is 21.1 Å². The first kappa shape index (κ1) is 10.3. The highest BCUT2D eigenvalue weighted by molar-refractivity contribution is 7.99. The lowest BCUT2D eigenvalue weighted by atomic mass is 10.7. The predicted molar refractivity (Wildman–Crippen MR) is 49.8 cm³/mol. The van der Waals surface area contributed by atoms with Crippen molar-refractivity contribution in [3.05, 3.63) is 0 Å². The fourth-order valence-electron chi connectivity index (χ4n) is 0.523. The van der Waals surface area contributed by atoms with Gasteiger partial charge in [-0.3, -0.25) is 0 Å². The van der Waals surface area contributed by atoms with Crippen molar-refractivity contribution in [3.8, 4) is 0 Å². The molecular formula is C7H18N2S. The van der Waals surface area contributed by atoms with E-state index in [2.05, 4.69) is 24.3 Å². The predicted octanol–water partition coefficient (Wildman–Crippen LogP) is 0.501. The van der Waals surface area contributed by atoms with E-state index in [1.54, 1.807) is 0 Å². The van der Waals surface area contributed by atoms with Gasteiger partial charge >= 0.3 is 0 Å². The van der Waals surface area contributed by atoms with E-state index < -0.39 is 0 Å². The van der Waals surface area contributed by atoms with Crippen LogP contribution in [-0.4, -0.2) is 50.6 Å². The molecule has 0 unspecified atom stereocenters. The van der Waals surface area contributed by atoms with Crippen LogP contribution in [-0.2, 0) is 0 Å². The van der Waals surface area contributed by atoms with Gasteiger partial charge in [0.2, 0.25) is 0 Å². The summed E-state index contributed by atoms with van der Waals surface area (Å²) in [4.78, 5) is 2.21. The van der Waals surface area contributed by atoms with Crippen molar-refractivity contribution in [3.63, 3.8) is 0 Å². The highest BCUT2D eigenvalue weighted by atomic mass is 32.2. The van der Waals surface area contributed by atoms with Gasteiger partial charge in [0.25, 0.3) is 0 Å². The molecule has 0 aliphatic rings. The molecule has 0 fully saturated rings. The zero-order valence-corrected chi connectivity index (χ0v) is 8.00. The number of rotatable bonds is 6. The lowest BCUT2D eigenvalue weighted by Gasteiger charge is -2.07. The molecular weight excluding hydrogens is 144 g/mol. The minimum atomic E-state index is 1.12. The van der Waals surface area contributed by atoms with E-state index in [-0.39, 0.29) is 0 Å². The van der Waals surface area contributed by atoms with Crippen LogP contribution in [0, 0.1) is 0 Å². The Morgan fingerprint density at radius 3 is 2.50 bits per heavy atom. The summed E-state index contributed by atoms with van der Waals surface area (Å²) >= 11 is 2.00. The molecule has 10 heavy (non-hydrogen) atoms. The minimum absolute atomic E-state index is 1.12. The van der Waals surface area contributed by atoms with Crippen molar-refractivity contribution in [2.24, 2.45) is 0 Å². The summed E-state index contributed by atoms with van der Waals surface area (Å²) in [5.74, 6) is 2.47. The van der Waals surface area contributed by atoms with Crippen LogP contribution in [0.3, 0.4) is 0 Å². The zero-order chi connectivity index (χ0) is 7.82. The third kappa shape index (κ3) is 8.27. The highest BCUT2D eigenvalue weighted by Crippen LogP contribution is 1.97. The van der Waals surface area contributed by atoms with Gasteiger partial charge < -0.3 is 10.2 Å². The molecule has 0 aliphatic heterocycles. The molecule has 1 N–H and O–H groups in total. The average molecular weight is 162 g/mol. The Bertz CT molecular complexity index is 66.6. The van der Waals surface area contributed by atoms with Crippen molar-refractivity contribution in [1.29, 1.82) is 0 Å². The average Bonchev–Trinajstić information content (AvgIpc) is 1.87. The van der Waals surface area contributed by atoms with Gasteiger partial charge in [0.05, 0.1) is 0 Å². The summed E-state index contributed by atoms with van der Waals surface area (Å²) in [5, 5.41) is 3.12. The van der Waals surface area contributed by atoms with Crippen LogP contribution >= 0.6 is 11.8 Å². The number of thioether (sulfide) groups is 1. The van der Waals surface area contributed by atoms with Gasteiger partial charge in [-0.15, -0.1) is 0 Å². The number of nitrogens with zero attached hydrogens (tertiary/aromatic N) is 1. The van der Waals surface area contributed by atoms with Crippen molar-refractivity contribution >= 4 is 11.8 Å². The lowest BCUT2D eigenvalue weighted by molar-refractivity contribution is 0.437. The Hall–Kier alpha value is 0.270. The Labute approximate surface area is 68.4 Å². The van der Waals surface area contributed by atoms with E-state index in [0.717, 1.165) is 6.54 Å². The maximum absolute atomic E-state index is 3.12. The molecule has 0 bridgehead atoms. The van der Waals surface area contributed by atoms with Crippen LogP contribution in [0.2, 0.25) is 0 Å². The smallest absolute Gasteiger partial charge is 0.00662 e. The van der Waals surface area contributed by atoms with E-state index in [1.807, 2.05) is 18.8 Å². The summed E-state index contributed by atoms with van der Waals surface area (Å²) < 4.78 is 0. The van der Waals surface area contributed by atoms with Crippen molar-refractivity contribution in [2.45, 2.75) is 0 Å². The molecule has 0 spiro atoms. The molecule has 0 aliphatic carbocycles. The SMILES string of the molecule is CNCCSCCN(C)C. The number of nitrogens with one attached hydrogen (secondary N) is 1. The summed E-state index contributed by atoms with van der Waals surface area (Å²) in [6.45, 7) is 2.31. The molecule has 2 nitrogen and oxygen atoms in total.